The van der Waals surface area contributed by atoms with E-state index in [2.05, 4.69) is 20.3 Å². The number of ether oxygens (including phenoxy) is 1. The molecule has 24 heavy (non-hydrogen) atoms. The predicted molar refractivity (Wildman–Crippen MR) is 87.7 cm³/mol. The molecule has 1 amide bonds. The molecule has 0 unspecified atom stereocenters. The molecule has 2 aromatic heterocycles. The van der Waals surface area contributed by atoms with E-state index in [1.165, 1.54) is 23.7 Å². The molecule has 0 saturated heterocycles. The first-order valence-corrected chi connectivity index (χ1v) is 8.64. The number of rotatable bonds is 4. The number of aryl methyl sites for hydroxylation is 1. The van der Waals surface area contributed by atoms with Crippen molar-refractivity contribution in [2.75, 3.05) is 0 Å². The third-order valence-electron chi connectivity index (χ3n) is 4.01. The fourth-order valence-electron chi connectivity index (χ4n) is 2.74. The van der Waals surface area contributed by atoms with Crippen molar-refractivity contribution < 1.29 is 9.53 Å². The van der Waals surface area contributed by atoms with Gasteiger partial charge >= 0.3 is 0 Å². The smallest absolute Gasteiger partial charge is 0.263 e. The quantitative estimate of drug-likeness (QED) is 0.913. The topological polar surface area (TPSA) is 101 Å². The van der Waals surface area contributed by atoms with Crippen LogP contribution in [0.5, 0.6) is 5.88 Å². The minimum atomic E-state index is -0.0555. The van der Waals surface area contributed by atoms with Crippen LogP contribution in [0.15, 0.2) is 17.9 Å². The minimum Gasteiger partial charge on any atom is -0.472 e. The molecule has 0 aromatic carbocycles. The number of carbonyl (C=O) groups is 1. The number of aromatic nitrogens is 3. The average molecular weight is 343 g/mol. The molecule has 0 atom stereocenters. The lowest BCUT2D eigenvalue weighted by Crippen LogP contribution is -2.39. The van der Waals surface area contributed by atoms with Gasteiger partial charge in [0.1, 0.15) is 17.1 Å². The van der Waals surface area contributed by atoms with E-state index in [0.29, 0.717) is 4.88 Å². The highest BCUT2D eigenvalue weighted by Crippen LogP contribution is 2.24. The van der Waals surface area contributed by atoms with Crippen molar-refractivity contribution in [2.45, 2.75) is 44.8 Å². The lowest BCUT2D eigenvalue weighted by atomic mass is 9.93. The number of nitrogens with zero attached hydrogens (tertiary/aromatic N) is 4. The highest BCUT2D eigenvalue weighted by Gasteiger charge is 2.25. The van der Waals surface area contributed by atoms with Gasteiger partial charge in [0, 0.05) is 18.4 Å². The van der Waals surface area contributed by atoms with Gasteiger partial charge in [0.15, 0.2) is 0 Å². The number of amides is 1. The first kappa shape index (κ1) is 16.3. The summed E-state index contributed by atoms with van der Waals surface area (Å²) in [5, 5.41) is 12.1. The molecule has 1 aliphatic carbocycles. The first-order chi connectivity index (χ1) is 11.7. The highest BCUT2D eigenvalue weighted by atomic mass is 32.1. The van der Waals surface area contributed by atoms with Crippen LogP contribution in [-0.4, -0.2) is 33.0 Å². The van der Waals surface area contributed by atoms with E-state index in [0.717, 1.165) is 31.4 Å². The Hall–Kier alpha value is -2.53. The van der Waals surface area contributed by atoms with Crippen molar-refractivity contribution in [1.29, 1.82) is 5.26 Å². The second-order valence-electron chi connectivity index (χ2n) is 5.65. The van der Waals surface area contributed by atoms with Gasteiger partial charge in [-0.25, -0.2) is 15.0 Å². The van der Waals surface area contributed by atoms with E-state index < -0.39 is 0 Å². The number of thiazole rings is 1. The van der Waals surface area contributed by atoms with Crippen molar-refractivity contribution in [3.8, 4) is 11.9 Å². The van der Waals surface area contributed by atoms with Crippen LogP contribution in [0.4, 0.5) is 0 Å². The summed E-state index contributed by atoms with van der Waals surface area (Å²) < 4.78 is 5.81. The summed E-state index contributed by atoms with van der Waals surface area (Å²) in [6, 6.07) is 2.12. The molecule has 0 radical (unpaired) electrons. The summed E-state index contributed by atoms with van der Waals surface area (Å²) in [4.78, 5) is 25.0. The molecule has 8 heteroatoms. The van der Waals surface area contributed by atoms with Crippen molar-refractivity contribution in [1.82, 2.24) is 20.3 Å². The van der Waals surface area contributed by atoms with Crippen LogP contribution >= 0.6 is 11.3 Å². The van der Waals surface area contributed by atoms with Gasteiger partial charge in [-0.3, -0.25) is 4.79 Å². The molecule has 3 rings (SSSR count). The molecule has 0 bridgehead atoms. The van der Waals surface area contributed by atoms with Gasteiger partial charge < -0.3 is 10.1 Å². The van der Waals surface area contributed by atoms with Crippen LogP contribution in [-0.2, 0) is 0 Å². The Kier molecular flexibility index (Phi) is 5.01. The molecule has 1 saturated carbocycles. The molecule has 2 aromatic rings. The van der Waals surface area contributed by atoms with Gasteiger partial charge in [0.25, 0.3) is 11.8 Å². The number of carbonyl (C=O) groups excluding carboxylic acids is 1. The Morgan fingerprint density at radius 1 is 1.29 bits per heavy atom. The SMILES string of the molecule is Cc1ncsc1C(=O)NC1CCC(Oc2nccnc2C#N)CC1. The summed E-state index contributed by atoms with van der Waals surface area (Å²) in [6.45, 7) is 1.84. The van der Waals surface area contributed by atoms with Crippen LogP contribution in [0.3, 0.4) is 0 Å². The van der Waals surface area contributed by atoms with Crippen molar-refractivity contribution in [3.05, 3.63) is 34.2 Å². The second kappa shape index (κ2) is 7.36. The summed E-state index contributed by atoms with van der Waals surface area (Å²) in [5.41, 5.74) is 2.65. The Morgan fingerprint density at radius 2 is 2.04 bits per heavy atom. The Balaban J connectivity index is 1.52. The first-order valence-electron chi connectivity index (χ1n) is 7.76. The molecule has 124 valence electrons. The van der Waals surface area contributed by atoms with Gasteiger partial charge in [0.05, 0.1) is 11.2 Å². The lowest BCUT2D eigenvalue weighted by Gasteiger charge is -2.29. The van der Waals surface area contributed by atoms with E-state index in [-0.39, 0.29) is 29.6 Å². The zero-order chi connectivity index (χ0) is 16.9. The summed E-state index contributed by atoms with van der Waals surface area (Å²) >= 11 is 1.36. The zero-order valence-electron chi connectivity index (χ0n) is 13.2. The van der Waals surface area contributed by atoms with Crippen LogP contribution in [0.25, 0.3) is 0 Å². The molecular weight excluding hydrogens is 326 g/mol. The number of nitriles is 1. The highest BCUT2D eigenvalue weighted by molar-refractivity contribution is 7.11. The summed E-state index contributed by atoms with van der Waals surface area (Å²) in [6.07, 6.45) is 6.24. The standard InChI is InChI=1S/C16H17N5O2S/c1-10-14(24-9-20-10)15(22)21-11-2-4-12(5-3-11)23-16-13(8-17)18-6-7-19-16/h6-7,9,11-12H,2-5H2,1H3,(H,21,22). The van der Waals surface area contributed by atoms with E-state index in [1.807, 2.05) is 13.0 Å². The largest absolute Gasteiger partial charge is 0.472 e. The molecule has 2 heterocycles. The Bertz CT molecular complexity index is 762. The molecule has 0 aliphatic heterocycles. The second-order valence-corrected chi connectivity index (χ2v) is 6.51. The summed E-state index contributed by atoms with van der Waals surface area (Å²) in [7, 11) is 0. The monoisotopic (exact) mass is 343 g/mol. The van der Waals surface area contributed by atoms with E-state index in [9.17, 15) is 4.79 Å². The van der Waals surface area contributed by atoms with Gasteiger partial charge in [-0.1, -0.05) is 0 Å². The van der Waals surface area contributed by atoms with E-state index >= 15 is 0 Å². The van der Waals surface area contributed by atoms with Crippen molar-refractivity contribution in [2.24, 2.45) is 0 Å². The van der Waals surface area contributed by atoms with Gasteiger partial charge in [-0.05, 0) is 32.6 Å². The lowest BCUT2D eigenvalue weighted by molar-refractivity contribution is 0.0892. The normalized spacial score (nSPS) is 20.2. The molecule has 7 nitrogen and oxygen atoms in total. The maximum Gasteiger partial charge on any atom is 0.263 e. The van der Waals surface area contributed by atoms with Crippen LogP contribution in [0.1, 0.15) is 46.7 Å². The van der Waals surface area contributed by atoms with E-state index in [4.69, 9.17) is 10.00 Å². The molecule has 1 N–H and O–H groups in total. The number of hydrogen-bond acceptors (Lipinski definition) is 7. The van der Waals surface area contributed by atoms with Crippen molar-refractivity contribution in [3.63, 3.8) is 0 Å². The molecule has 1 aliphatic rings. The fraction of sp³-hybridized carbons (Fsp3) is 0.438. The molecule has 1 fully saturated rings. The predicted octanol–water partition coefficient (Wildman–Crippen LogP) is 2.23. The van der Waals surface area contributed by atoms with Crippen molar-refractivity contribution >= 4 is 17.2 Å². The summed E-state index contributed by atoms with van der Waals surface area (Å²) in [5.74, 6) is 0.229. The maximum absolute atomic E-state index is 12.2. The minimum absolute atomic E-state index is 0.00732. The molecule has 0 spiro atoms. The number of hydrogen-bond donors (Lipinski definition) is 1. The van der Waals surface area contributed by atoms with Gasteiger partial charge in [-0.15, -0.1) is 11.3 Å². The third kappa shape index (κ3) is 3.68. The van der Waals surface area contributed by atoms with Gasteiger partial charge in [-0.2, -0.15) is 5.26 Å². The van der Waals surface area contributed by atoms with Crippen LogP contribution in [0, 0.1) is 18.3 Å². The van der Waals surface area contributed by atoms with Crippen LogP contribution < -0.4 is 10.1 Å². The number of nitrogens with one attached hydrogen (secondary N) is 1. The average Bonchev–Trinajstić information content (AvgIpc) is 3.03. The maximum atomic E-state index is 12.2. The van der Waals surface area contributed by atoms with Gasteiger partial charge in [0.2, 0.25) is 5.69 Å². The zero-order valence-corrected chi connectivity index (χ0v) is 14.0. The molecular formula is C16H17N5O2S. The fourth-order valence-corrected chi connectivity index (χ4v) is 3.45. The Morgan fingerprint density at radius 3 is 2.71 bits per heavy atom. The van der Waals surface area contributed by atoms with Crippen LogP contribution in [0.2, 0.25) is 0 Å². The Labute approximate surface area is 143 Å². The third-order valence-corrected chi connectivity index (χ3v) is 4.94. The van der Waals surface area contributed by atoms with E-state index in [1.54, 1.807) is 5.51 Å².